The maximum Gasteiger partial charge on any atom is 0.293 e. The van der Waals surface area contributed by atoms with E-state index in [1.807, 2.05) is 6.92 Å². The molecular weight excluding hydrogens is 419 g/mol. The summed E-state index contributed by atoms with van der Waals surface area (Å²) in [7, 11) is 0. The number of hydrogen-bond donors (Lipinski definition) is 1. The minimum atomic E-state index is -0.461. The highest BCUT2D eigenvalue weighted by molar-refractivity contribution is 7.71. The number of nitrogens with one attached hydrogen (secondary N) is 1. The maximum absolute atomic E-state index is 13.9. The van der Waals surface area contributed by atoms with Gasteiger partial charge in [0.15, 0.2) is 11.5 Å². The summed E-state index contributed by atoms with van der Waals surface area (Å²) in [6.45, 7) is 2.17. The van der Waals surface area contributed by atoms with Crippen molar-refractivity contribution in [3.63, 3.8) is 0 Å². The third-order valence-electron chi connectivity index (χ3n) is 3.76. The number of halogens is 2. The Kier molecular flexibility index (Phi) is 6.73. The summed E-state index contributed by atoms with van der Waals surface area (Å²) in [6, 6.07) is 9.50. The van der Waals surface area contributed by atoms with Crippen molar-refractivity contribution < 1.29 is 13.9 Å². The van der Waals surface area contributed by atoms with E-state index in [-0.39, 0.29) is 22.0 Å². The second-order valence-corrected chi connectivity index (χ2v) is 6.49. The summed E-state index contributed by atoms with van der Waals surface area (Å²) >= 11 is 11.0. The van der Waals surface area contributed by atoms with Crippen LogP contribution in [-0.2, 0) is 6.61 Å². The topological polar surface area (TPSA) is 81.5 Å². The molecule has 1 heterocycles. The van der Waals surface area contributed by atoms with Crippen molar-refractivity contribution in [2.24, 2.45) is 5.10 Å². The lowest BCUT2D eigenvalue weighted by atomic mass is 10.2. The van der Waals surface area contributed by atoms with Crippen molar-refractivity contribution >= 4 is 30.0 Å². The lowest BCUT2D eigenvalue weighted by Crippen LogP contribution is -2.18. The number of nitrogens with zero attached hydrogens (tertiary/aromatic N) is 3. The Morgan fingerprint density at radius 2 is 2.14 bits per heavy atom. The van der Waals surface area contributed by atoms with Crippen molar-refractivity contribution in [1.82, 2.24) is 14.9 Å². The molecule has 0 fully saturated rings. The molecule has 3 rings (SSSR count). The van der Waals surface area contributed by atoms with Gasteiger partial charge in [-0.3, -0.25) is 9.89 Å². The molecule has 2 aromatic carbocycles. The molecule has 0 aliphatic carbocycles. The Balaban J connectivity index is 1.84. The highest BCUT2D eigenvalue weighted by Crippen LogP contribution is 2.30. The van der Waals surface area contributed by atoms with Crippen molar-refractivity contribution in [2.45, 2.75) is 13.5 Å². The van der Waals surface area contributed by atoms with Crippen LogP contribution in [0.2, 0.25) is 5.02 Å². The van der Waals surface area contributed by atoms with E-state index >= 15 is 0 Å². The van der Waals surface area contributed by atoms with E-state index in [0.717, 1.165) is 10.9 Å². The quantitative estimate of drug-likeness (QED) is 0.449. The van der Waals surface area contributed by atoms with Crippen LogP contribution < -0.4 is 15.0 Å². The molecule has 0 radical (unpaired) electrons. The van der Waals surface area contributed by atoms with Gasteiger partial charge in [-0.2, -0.15) is 14.9 Å². The van der Waals surface area contributed by atoms with Gasteiger partial charge in [0.1, 0.15) is 18.6 Å². The van der Waals surface area contributed by atoms with Crippen LogP contribution in [0, 0.1) is 10.6 Å². The first-order valence-corrected chi connectivity index (χ1v) is 9.32. The van der Waals surface area contributed by atoms with Gasteiger partial charge in [0.2, 0.25) is 4.77 Å². The molecular formula is C19H16ClFN4O3S. The Labute approximate surface area is 175 Å². The molecule has 0 atom stereocenters. The van der Waals surface area contributed by atoms with Gasteiger partial charge in [-0.15, -0.1) is 0 Å². The molecule has 150 valence electrons. The average Bonchev–Trinajstić information content (AvgIpc) is 2.69. The van der Waals surface area contributed by atoms with E-state index in [4.69, 9.17) is 33.3 Å². The third-order valence-corrected chi connectivity index (χ3v) is 4.38. The summed E-state index contributed by atoms with van der Waals surface area (Å²) in [5.41, 5.74) is 0.438. The summed E-state index contributed by atoms with van der Waals surface area (Å²) in [5, 5.41) is 10.4. The van der Waals surface area contributed by atoms with Crippen LogP contribution in [0.15, 0.2) is 52.5 Å². The Morgan fingerprint density at radius 1 is 1.31 bits per heavy atom. The number of benzene rings is 2. The minimum absolute atomic E-state index is 0.0550. The molecule has 10 heteroatoms. The SMILES string of the molecule is CCOc1cc(/C=N/n2c(=O)cn[nH]c2=S)ccc1OCc1c(F)cccc1Cl. The first-order chi connectivity index (χ1) is 14.0. The normalized spacial score (nSPS) is 11.0. The van der Waals surface area contributed by atoms with Crippen molar-refractivity contribution in [1.29, 1.82) is 0 Å². The highest BCUT2D eigenvalue weighted by atomic mass is 35.5. The zero-order valence-corrected chi connectivity index (χ0v) is 16.8. The fraction of sp³-hybridized carbons (Fsp3) is 0.158. The highest BCUT2D eigenvalue weighted by Gasteiger charge is 2.11. The first-order valence-electron chi connectivity index (χ1n) is 8.53. The fourth-order valence-electron chi connectivity index (χ4n) is 2.39. The van der Waals surface area contributed by atoms with E-state index in [1.54, 1.807) is 24.3 Å². The molecule has 0 unspecified atom stereocenters. The molecule has 0 saturated heterocycles. The van der Waals surface area contributed by atoms with Gasteiger partial charge in [0.05, 0.1) is 17.8 Å². The maximum atomic E-state index is 13.9. The van der Waals surface area contributed by atoms with Crippen LogP contribution >= 0.6 is 23.8 Å². The van der Waals surface area contributed by atoms with E-state index in [0.29, 0.717) is 23.7 Å². The number of aromatic amines is 1. The summed E-state index contributed by atoms with van der Waals surface area (Å²) < 4.78 is 26.3. The van der Waals surface area contributed by atoms with Crippen LogP contribution in [0.1, 0.15) is 18.1 Å². The molecule has 1 N–H and O–H groups in total. The molecule has 0 spiro atoms. The van der Waals surface area contributed by atoms with Crippen LogP contribution in [0.5, 0.6) is 11.5 Å². The van der Waals surface area contributed by atoms with Crippen LogP contribution in [0.25, 0.3) is 0 Å². The molecule has 3 aromatic rings. The Morgan fingerprint density at radius 3 is 2.86 bits per heavy atom. The molecule has 0 aliphatic rings. The van der Waals surface area contributed by atoms with E-state index in [9.17, 15) is 9.18 Å². The standard InChI is InChI=1S/C19H16ClFN4O3S/c1-2-27-17-8-12(9-23-25-18(26)10-22-24-19(25)29)6-7-16(17)28-11-13-14(20)4-3-5-15(13)21/h3-10H,2,11H2,1H3,(H,24,29)/b23-9+. The smallest absolute Gasteiger partial charge is 0.293 e. The van der Waals surface area contributed by atoms with Crippen molar-refractivity contribution in [3.8, 4) is 11.5 Å². The van der Waals surface area contributed by atoms with Crippen LogP contribution in [-0.4, -0.2) is 27.7 Å². The number of H-pyrrole nitrogens is 1. The van der Waals surface area contributed by atoms with Gasteiger partial charge in [0.25, 0.3) is 5.56 Å². The average molecular weight is 435 g/mol. The third kappa shape index (κ3) is 5.07. The summed E-state index contributed by atoms with van der Waals surface area (Å²) in [5.74, 6) is 0.413. The van der Waals surface area contributed by atoms with Gasteiger partial charge in [0, 0.05) is 5.56 Å². The van der Waals surface area contributed by atoms with Gasteiger partial charge >= 0.3 is 0 Å². The number of ether oxygens (including phenoxy) is 2. The molecule has 29 heavy (non-hydrogen) atoms. The summed E-state index contributed by atoms with van der Waals surface area (Å²) in [4.78, 5) is 11.8. The first kappa shape index (κ1) is 20.7. The fourth-order valence-corrected chi connectivity index (χ4v) is 2.80. The second-order valence-electron chi connectivity index (χ2n) is 5.70. The predicted octanol–water partition coefficient (Wildman–Crippen LogP) is 3.95. The molecule has 7 nitrogen and oxygen atoms in total. The van der Waals surface area contributed by atoms with Crippen molar-refractivity contribution in [2.75, 3.05) is 6.61 Å². The Bertz CT molecular complexity index is 1110. The van der Waals surface area contributed by atoms with Gasteiger partial charge < -0.3 is 9.47 Å². The zero-order chi connectivity index (χ0) is 20.8. The number of hydrogen-bond acceptors (Lipinski definition) is 6. The second kappa shape index (κ2) is 9.44. The van der Waals surface area contributed by atoms with Crippen LogP contribution in [0.3, 0.4) is 0 Å². The molecule has 0 amide bonds. The number of rotatable bonds is 7. The summed E-state index contributed by atoms with van der Waals surface area (Å²) in [6.07, 6.45) is 2.52. The molecule has 0 saturated carbocycles. The molecule has 0 aliphatic heterocycles. The van der Waals surface area contributed by atoms with Gasteiger partial charge in [-0.05, 0) is 55.0 Å². The van der Waals surface area contributed by atoms with E-state index < -0.39 is 11.4 Å². The largest absolute Gasteiger partial charge is 0.490 e. The lowest BCUT2D eigenvalue weighted by molar-refractivity contribution is 0.266. The monoisotopic (exact) mass is 434 g/mol. The number of aromatic nitrogens is 3. The lowest BCUT2D eigenvalue weighted by Gasteiger charge is -2.13. The van der Waals surface area contributed by atoms with E-state index in [2.05, 4.69) is 15.3 Å². The zero-order valence-electron chi connectivity index (χ0n) is 15.3. The van der Waals surface area contributed by atoms with Crippen LogP contribution in [0.4, 0.5) is 4.39 Å². The Hall–Kier alpha value is -3.04. The molecule has 0 bridgehead atoms. The minimum Gasteiger partial charge on any atom is -0.490 e. The van der Waals surface area contributed by atoms with Gasteiger partial charge in [-0.25, -0.2) is 4.39 Å². The van der Waals surface area contributed by atoms with E-state index in [1.165, 1.54) is 18.3 Å². The van der Waals surface area contributed by atoms with Crippen molar-refractivity contribution in [3.05, 3.63) is 79.7 Å². The van der Waals surface area contributed by atoms with Gasteiger partial charge in [-0.1, -0.05) is 17.7 Å². The predicted molar refractivity (Wildman–Crippen MR) is 110 cm³/mol. The molecule has 1 aromatic heterocycles.